The Morgan fingerprint density at radius 3 is 2.36 bits per heavy atom. The molecule has 0 aromatic heterocycles. The van der Waals surface area contributed by atoms with E-state index in [0.717, 1.165) is 0 Å². The van der Waals surface area contributed by atoms with Gasteiger partial charge in [-0.1, -0.05) is 60.1 Å². The first-order valence-electron chi connectivity index (χ1n) is 11.1. The van der Waals surface area contributed by atoms with Gasteiger partial charge < -0.3 is 15.2 Å². The van der Waals surface area contributed by atoms with Crippen molar-refractivity contribution >= 4 is 67.1 Å². The third-order valence-corrected chi connectivity index (χ3v) is 7.10. The summed E-state index contributed by atoms with van der Waals surface area (Å²) in [6.07, 6.45) is 0.450. The predicted molar refractivity (Wildman–Crippen MR) is 144 cm³/mol. The number of aryl methyl sites for hydroxylation is 1. The molecule has 9 nitrogen and oxygen atoms in total. The third kappa shape index (κ3) is 6.72. The van der Waals surface area contributed by atoms with Crippen molar-refractivity contribution in [1.29, 1.82) is 0 Å². The number of methoxy groups -OCH3 is 1. The quantitative estimate of drug-likeness (QED) is 0.189. The Hall–Kier alpha value is -2.70. The molecule has 0 saturated carbocycles. The monoisotopic (exact) mass is 595 g/mol. The van der Waals surface area contributed by atoms with E-state index >= 15 is 0 Å². The van der Waals surface area contributed by atoms with Gasteiger partial charge in [-0.3, -0.25) is 9.35 Å². The molecule has 4 rings (SSSR count). The van der Waals surface area contributed by atoms with Crippen molar-refractivity contribution < 1.29 is 57.2 Å². The predicted octanol–water partition coefficient (Wildman–Crippen LogP) is 3.71. The molecule has 0 aliphatic carbocycles. The van der Waals surface area contributed by atoms with E-state index in [2.05, 4.69) is 15.5 Å². The van der Waals surface area contributed by atoms with E-state index in [-0.39, 0.29) is 56.5 Å². The van der Waals surface area contributed by atoms with Crippen LogP contribution in [0.3, 0.4) is 0 Å². The van der Waals surface area contributed by atoms with Crippen molar-refractivity contribution in [2.24, 2.45) is 10.2 Å². The van der Waals surface area contributed by atoms with Crippen LogP contribution in [0.5, 0.6) is 11.5 Å². The molecule has 0 fully saturated rings. The summed E-state index contributed by atoms with van der Waals surface area (Å²) in [5.74, 6) is -1.06. The summed E-state index contributed by atoms with van der Waals surface area (Å²) in [5, 5.41) is 25.1. The molecule has 0 atom stereocenters. The Bertz CT molecular complexity index is 1710. The molecule has 0 bridgehead atoms. The average molecular weight is 596 g/mol. The number of hydrogen-bond donors (Lipinski definition) is 2. The van der Waals surface area contributed by atoms with Gasteiger partial charge in [0.1, 0.15) is 16.3 Å². The molecule has 0 aliphatic rings. The molecule has 196 valence electrons. The number of ether oxygens (including phenoxy) is 1. The minimum absolute atomic E-state index is 0. The zero-order valence-corrected chi connectivity index (χ0v) is 25.4. The Balaban J connectivity index is 0.00000420. The first-order chi connectivity index (χ1) is 18.0. The fourth-order valence-corrected chi connectivity index (χ4v) is 5.03. The summed E-state index contributed by atoms with van der Waals surface area (Å²) in [6.45, 7) is 1.78. The molecular formula is C26H20Cl2N3NaO6S. The van der Waals surface area contributed by atoms with Gasteiger partial charge in [0, 0.05) is 16.6 Å². The third-order valence-electron chi connectivity index (χ3n) is 5.65. The number of carbonyl (C=O) groups excluding carboxylic acids is 1. The molecule has 0 unspecified atom stereocenters. The summed E-state index contributed by atoms with van der Waals surface area (Å²) in [4.78, 5) is 12.5. The van der Waals surface area contributed by atoms with Gasteiger partial charge in [-0.25, -0.2) is 0 Å². The molecule has 0 saturated heterocycles. The number of hydrogen-bond acceptors (Lipinski definition) is 7. The van der Waals surface area contributed by atoms with Crippen LogP contribution in [0.1, 0.15) is 22.8 Å². The summed E-state index contributed by atoms with van der Waals surface area (Å²) < 4.78 is 38.9. The van der Waals surface area contributed by atoms with E-state index in [1.165, 1.54) is 31.4 Å². The first-order valence-corrected chi connectivity index (χ1v) is 13.3. The Morgan fingerprint density at radius 1 is 1.03 bits per heavy atom. The fourth-order valence-electron chi connectivity index (χ4n) is 3.74. The molecular weight excluding hydrogens is 576 g/mol. The second-order valence-electron chi connectivity index (χ2n) is 8.08. The Kier molecular flexibility index (Phi) is 10.0. The molecule has 2 N–H and O–H groups in total. The molecule has 1 amide bonds. The fraction of sp³-hybridized carbons (Fsp3) is 0.115. The number of carbonyl (C=O) groups is 1. The van der Waals surface area contributed by atoms with Gasteiger partial charge in [0.15, 0.2) is 0 Å². The number of anilines is 1. The maximum absolute atomic E-state index is 13.4. The molecule has 4 aromatic rings. The van der Waals surface area contributed by atoms with Crippen LogP contribution in [0.2, 0.25) is 10.0 Å². The van der Waals surface area contributed by atoms with Crippen molar-refractivity contribution in [2.45, 2.75) is 18.2 Å². The normalized spacial score (nSPS) is 11.4. The zero-order chi connectivity index (χ0) is 27.6. The van der Waals surface area contributed by atoms with Gasteiger partial charge in [0.05, 0.1) is 22.8 Å². The number of nitrogens with one attached hydrogen (secondary N) is 1. The Morgan fingerprint density at radius 2 is 1.72 bits per heavy atom. The summed E-state index contributed by atoms with van der Waals surface area (Å²) in [6, 6.07) is 15.4. The molecule has 0 radical (unpaired) electrons. The van der Waals surface area contributed by atoms with Gasteiger partial charge in [-0.05, 0) is 53.8 Å². The van der Waals surface area contributed by atoms with E-state index in [1.807, 2.05) is 0 Å². The first kappa shape index (κ1) is 30.8. The van der Waals surface area contributed by atoms with Crippen LogP contribution in [0.4, 0.5) is 17.1 Å². The van der Waals surface area contributed by atoms with Crippen LogP contribution < -0.4 is 44.7 Å². The Labute approximate surface area is 256 Å². The van der Waals surface area contributed by atoms with Gasteiger partial charge in [-0.2, -0.15) is 13.5 Å². The van der Waals surface area contributed by atoms with Gasteiger partial charge >= 0.3 is 29.6 Å². The standard InChI is InChI=1S/C26H21Cl2N3O6S.Na/c1-3-14-10-20(28)24(22(11-14)38(34,35)36)31-30-23-17-7-5-4-6-15(17)12-18(25(23)32)26(33)29-16-8-9-21(37-2)19(27)13-16;/h4-13,32H,3H2,1-2H3,(H,29,33)(H,34,35,36);/q;+1/p-1. The van der Waals surface area contributed by atoms with E-state index in [9.17, 15) is 22.9 Å². The van der Waals surface area contributed by atoms with Crippen molar-refractivity contribution in [3.8, 4) is 11.5 Å². The number of rotatable bonds is 7. The molecule has 4 aromatic carbocycles. The van der Waals surface area contributed by atoms with Crippen LogP contribution in [0.15, 0.2) is 75.8 Å². The van der Waals surface area contributed by atoms with Gasteiger partial charge in [0.25, 0.3) is 16.0 Å². The summed E-state index contributed by atoms with van der Waals surface area (Å²) in [5.41, 5.74) is 0.105. The number of azo groups is 1. The van der Waals surface area contributed by atoms with Crippen molar-refractivity contribution in [1.82, 2.24) is 0 Å². The molecule has 13 heteroatoms. The van der Waals surface area contributed by atoms with Gasteiger partial charge in [0.2, 0.25) is 0 Å². The molecule has 0 spiro atoms. The van der Waals surface area contributed by atoms with E-state index in [0.29, 0.717) is 34.2 Å². The zero-order valence-electron chi connectivity index (χ0n) is 21.0. The SMILES string of the molecule is CCc1cc(Cl)c(N=Nc2c([O-])c(C(=O)Nc3ccc(OC)c(Cl)c3)cc3ccccc23)c(S(=O)(=O)O)c1.[Na+]. The van der Waals surface area contributed by atoms with Crippen molar-refractivity contribution in [3.63, 3.8) is 0 Å². The summed E-state index contributed by atoms with van der Waals surface area (Å²) in [7, 11) is -3.25. The number of halogens is 2. The smallest absolute Gasteiger partial charge is 0.870 e. The second kappa shape index (κ2) is 12.6. The van der Waals surface area contributed by atoms with Crippen LogP contribution in [-0.4, -0.2) is 26.0 Å². The maximum atomic E-state index is 13.4. The average Bonchev–Trinajstić information content (AvgIpc) is 2.87. The molecule has 0 aliphatic heterocycles. The van der Waals surface area contributed by atoms with Crippen LogP contribution >= 0.6 is 23.2 Å². The van der Waals surface area contributed by atoms with E-state index < -0.39 is 26.7 Å². The minimum Gasteiger partial charge on any atom is -0.870 e. The van der Waals surface area contributed by atoms with Crippen molar-refractivity contribution in [3.05, 3.63) is 81.8 Å². The number of nitrogens with zero attached hydrogens (tertiary/aromatic N) is 2. The maximum Gasteiger partial charge on any atom is 1.00 e. The summed E-state index contributed by atoms with van der Waals surface area (Å²) >= 11 is 12.4. The van der Waals surface area contributed by atoms with Crippen LogP contribution in [0, 0.1) is 0 Å². The van der Waals surface area contributed by atoms with E-state index in [4.69, 9.17) is 27.9 Å². The van der Waals surface area contributed by atoms with E-state index in [1.54, 1.807) is 43.3 Å². The van der Waals surface area contributed by atoms with Crippen LogP contribution in [0.25, 0.3) is 10.8 Å². The largest absolute Gasteiger partial charge is 1.00 e. The number of benzene rings is 4. The number of fused-ring (bicyclic) bond motifs is 1. The van der Waals surface area contributed by atoms with Crippen molar-refractivity contribution in [2.75, 3.05) is 12.4 Å². The van der Waals surface area contributed by atoms with Crippen LogP contribution in [-0.2, 0) is 16.5 Å². The van der Waals surface area contributed by atoms with Gasteiger partial charge in [-0.15, -0.1) is 5.11 Å². The number of amides is 1. The second-order valence-corrected chi connectivity index (χ2v) is 10.3. The molecule has 0 heterocycles. The molecule has 39 heavy (non-hydrogen) atoms. The minimum atomic E-state index is -4.71. The topological polar surface area (TPSA) is 140 Å².